The lowest BCUT2D eigenvalue weighted by Crippen LogP contribution is -2.30. The number of likely N-dealkylation sites (N-methyl/N-ethyl adjacent to an activating group) is 1. The van der Waals surface area contributed by atoms with E-state index in [2.05, 4.69) is 36.0 Å². The van der Waals surface area contributed by atoms with E-state index in [4.69, 9.17) is 5.11 Å². The standard InChI is InChI=1S/C14H20N4O2/c1-4-17(5-2)9-10(3)18-13-8-11(14(19)20)6-7-12(13)15-16-18/h6-8,10H,4-5,9H2,1-3H3,(H,19,20). The Balaban J connectivity index is 2.33. The molecule has 1 unspecified atom stereocenters. The molecule has 0 aliphatic rings. The molecule has 20 heavy (non-hydrogen) atoms. The molecular weight excluding hydrogens is 256 g/mol. The number of carboxylic acids is 1. The van der Waals surface area contributed by atoms with Crippen LogP contribution >= 0.6 is 0 Å². The van der Waals surface area contributed by atoms with Crippen molar-refractivity contribution in [3.05, 3.63) is 23.8 Å². The van der Waals surface area contributed by atoms with Crippen LogP contribution in [0.4, 0.5) is 0 Å². The molecule has 0 saturated carbocycles. The summed E-state index contributed by atoms with van der Waals surface area (Å²) in [4.78, 5) is 13.4. The van der Waals surface area contributed by atoms with Gasteiger partial charge in [0.15, 0.2) is 0 Å². The summed E-state index contributed by atoms with van der Waals surface area (Å²) >= 11 is 0. The van der Waals surface area contributed by atoms with Crippen molar-refractivity contribution in [3.8, 4) is 0 Å². The molecule has 2 aromatic rings. The summed E-state index contributed by atoms with van der Waals surface area (Å²) in [5.74, 6) is -0.934. The third-order valence-electron chi connectivity index (χ3n) is 3.55. The molecular formula is C14H20N4O2. The maximum absolute atomic E-state index is 11.1. The Morgan fingerprint density at radius 3 is 2.70 bits per heavy atom. The molecule has 0 aliphatic carbocycles. The first-order chi connectivity index (χ1) is 9.56. The Bertz CT molecular complexity index is 604. The van der Waals surface area contributed by atoms with Gasteiger partial charge >= 0.3 is 5.97 Å². The molecule has 1 heterocycles. The predicted octanol–water partition coefficient (Wildman–Crippen LogP) is 2.03. The van der Waals surface area contributed by atoms with Crippen molar-refractivity contribution in [1.82, 2.24) is 19.9 Å². The Kier molecular flexibility index (Phi) is 4.34. The summed E-state index contributed by atoms with van der Waals surface area (Å²) in [5.41, 5.74) is 1.75. The third-order valence-corrected chi connectivity index (χ3v) is 3.55. The molecule has 6 heteroatoms. The van der Waals surface area contributed by atoms with Gasteiger partial charge in [0.2, 0.25) is 0 Å². The van der Waals surface area contributed by atoms with Gasteiger partial charge in [0.25, 0.3) is 0 Å². The summed E-state index contributed by atoms with van der Waals surface area (Å²) in [6.07, 6.45) is 0. The van der Waals surface area contributed by atoms with Crippen molar-refractivity contribution in [2.45, 2.75) is 26.8 Å². The van der Waals surface area contributed by atoms with Crippen LogP contribution in [0.5, 0.6) is 0 Å². The fourth-order valence-corrected chi connectivity index (χ4v) is 2.33. The molecule has 0 spiro atoms. The highest BCUT2D eigenvalue weighted by atomic mass is 16.4. The Morgan fingerprint density at radius 1 is 1.40 bits per heavy atom. The van der Waals surface area contributed by atoms with E-state index in [1.54, 1.807) is 22.9 Å². The molecule has 6 nitrogen and oxygen atoms in total. The number of hydrogen-bond donors (Lipinski definition) is 1. The number of fused-ring (bicyclic) bond motifs is 1. The fourth-order valence-electron chi connectivity index (χ4n) is 2.33. The normalized spacial score (nSPS) is 13.0. The van der Waals surface area contributed by atoms with Crippen LogP contribution in [0, 0.1) is 0 Å². The lowest BCUT2D eigenvalue weighted by molar-refractivity contribution is 0.0697. The molecule has 0 fully saturated rings. The highest BCUT2D eigenvalue weighted by Crippen LogP contribution is 2.18. The molecule has 1 N–H and O–H groups in total. The number of carboxylic acid groups (broad SMARTS) is 1. The highest BCUT2D eigenvalue weighted by molar-refractivity contribution is 5.92. The summed E-state index contributed by atoms with van der Waals surface area (Å²) < 4.78 is 1.81. The average Bonchev–Trinajstić information content (AvgIpc) is 2.87. The van der Waals surface area contributed by atoms with E-state index in [0.29, 0.717) is 0 Å². The van der Waals surface area contributed by atoms with Crippen LogP contribution in [0.25, 0.3) is 11.0 Å². The molecule has 2 rings (SSSR count). The lowest BCUT2D eigenvalue weighted by Gasteiger charge is -2.22. The van der Waals surface area contributed by atoms with E-state index in [0.717, 1.165) is 30.7 Å². The van der Waals surface area contributed by atoms with Crippen LogP contribution in [0.15, 0.2) is 18.2 Å². The smallest absolute Gasteiger partial charge is 0.335 e. The maximum atomic E-state index is 11.1. The van der Waals surface area contributed by atoms with Gasteiger partial charge in [-0.25, -0.2) is 9.48 Å². The Morgan fingerprint density at radius 2 is 2.10 bits per heavy atom. The zero-order valence-electron chi connectivity index (χ0n) is 12.1. The predicted molar refractivity (Wildman–Crippen MR) is 77.0 cm³/mol. The largest absolute Gasteiger partial charge is 0.478 e. The number of nitrogens with zero attached hydrogens (tertiary/aromatic N) is 4. The number of aromatic nitrogens is 3. The second kappa shape index (κ2) is 6.00. The van der Waals surface area contributed by atoms with Crippen LogP contribution in [-0.4, -0.2) is 50.6 Å². The Labute approximate surface area is 118 Å². The molecule has 0 amide bonds. The first-order valence-electron chi connectivity index (χ1n) is 6.87. The van der Waals surface area contributed by atoms with Gasteiger partial charge in [0, 0.05) is 6.54 Å². The zero-order valence-corrected chi connectivity index (χ0v) is 12.1. The molecule has 1 atom stereocenters. The number of rotatable bonds is 6. The number of aromatic carboxylic acids is 1. The van der Waals surface area contributed by atoms with Gasteiger partial charge in [-0.1, -0.05) is 19.1 Å². The summed E-state index contributed by atoms with van der Waals surface area (Å²) in [7, 11) is 0. The molecule has 0 bridgehead atoms. The molecule has 0 aliphatic heterocycles. The number of benzene rings is 1. The maximum Gasteiger partial charge on any atom is 0.335 e. The van der Waals surface area contributed by atoms with E-state index in [1.807, 2.05) is 0 Å². The van der Waals surface area contributed by atoms with E-state index >= 15 is 0 Å². The molecule has 0 radical (unpaired) electrons. The van der Waals surface area contributed by atoms with Crippen molar-refractivity contribution in [3.63, 3.8) is 0 Å². The van der Waals surface area contributed by atoms with Gasteiger partial charge in [-0.15, -0.1) is 5.10 Å². The van der Waals surface area contributed by atoms with Crippen molar-refractivity contribution in [2.75, 3.05) is 19.6 Å². The SMILES string of the molecule is CCN(CC)CC(C)n1nnc2ccc(C(=O)O)cc21. The monoisotopic (exact) mass is 276 g/mol. The summed E-state index contributed by atoms with van der Waals surface area (Å²) in [6.45, 7) is 9.14. The van der Waals surface area contributed by atoms with E-state index < -0.39 is 5.97 Å². The fraction of sp³-hybridized carbons (Fsp3) is 0.500. The van der Waals surface area contributed by atoms with Gasteiger partial charge in [0.05, 0.1) is 17.1 Å². The van der Waals surface area contributed by atoms with E-state index in [9.17, 15) is 4.79 Å². The van der Waals surface area contributed by atoms with Gasteiger partial charge in [-0.05, 0) is 38.2 Å². The minimum atomic E-state index is -0.934. The number of carbonyl (C=O) groups is 1. The third kappa shape index (κ3) is 2.80. The average molecular weight is 276 g/mol. The molecule has 0 saturated heterocycles. The van der Waals surface area contributed by atoms with Crippen molar-refractivity contribution < 1.29 is 9.90 Å². The lowest BCUT2D eigenvalue weighted by atomic mass is 10.2. The minimum absolute atomic E-state index is 0.143. The molecule has 1 aromatic carbocycles. The molecule has 1 aromatic heterocycles. The number of hydrogen-bond acceptors (Lipinski definition) is 4. The van der Waals surface area contributed by atoms with Gasteiger partial charge in [-0.3, -0.25) is 0 Å². The van der Waals surface area contributed by atoms with Crippen molar-refractivity contribution >= 4 is 17.0 Å². The van der Waals surface area contributed by atoms with Gasteiger partial charge in [-0.2, -0.15) is 0 Å². The zero-order chi connectivity index (χ0) is 14.7. The van der Waals surface area contributed by atoms with Gasteiger partial charge in [0.1, 0.15) is 5.52 Å². The van der Waals surface area contributed by atoms with E-state index in [-0.39, 0.29) is 11.6 Å². The first kappa shape index (κ1) is 14.5. The van der Waals surface area contributed by atoms with Crippen molar-refractivity contribution in [1.29, 1.82) is 0 Å². The van der Waals surface area contributed by atoms with Crippen LogP contribution in [-0.2, 0) is 0 Å². The van der Waals surface area contributed by atoms with Crippen LogP contribution in [0.2, 0.25) is 0 Å². The van der Waals surface area contributed by atoms with Crippen molar-refractivity contribution in [2.24, 2.45) is 0 Å². The second-order valence-corrected chi connectivity index (χ2v) is 4.88. The van der Waals surface area contributed by atoms with E-state index in [1.165, 1.54) is 0 Å². The van der Waals surface area contributed by atoms with Crippen LogP contribution in [0.1, 0.15) is 37.2 Å². The van der Waals surface area contributed by atoms with Crippen LogP contribution < -0.4 is 0 Å². The van der Waals surface area contributed by atoms with Gasteiger partial charge < -0.3 is 10.0 Å². The quantitative estimate of drug-likeness (QED) is 0.874. The minimum Gasteiger partial charge on any atom is -0.478 e. The second-order valence-electron chi connectivity index (χ2n) is 4.88. The summed E-state index contributed by atoms with van der Waals surface area (Å²) in [6, 6.07) is 5.03. The highest BCUT2D eigenvalue weighted by Gasteiger charge is 2.15. The first-order valence-corrected chi connectivity index (χ1v) is 6.87. The Hall–Kier alpha value is -1.95. The topological polar surface area (TPSA) is 71.2 Å². The van der Waals surface area contributed by atoms with Crippen LogP contribution in [0.3, 0.4) is 0 Å². The molecule has 108 valence electrons. The summed E-state index contributed by atoms with van der Waals surface area (Å²) in [5, 5.41) is 17.3.